The van der Waals surface area contributed by atoms with Crippen LogP contribution in [0.15, 0.2) is 0 Å². The summed E-state index contributed by atoms with van der Waals surface area (Å²) in [5, 5.41) is 2.69. The van der Waals surface area contributed by atoms with E-state index in [1.807, 2.05) is 6.92 Å². The number of alkyl halides is 1. The van der Waals surface area contributed by atoms with Gasteiger partial charge in [0, 0.05) is 11.4 Å². The van der Waals surface area contributed by atoms with E-state index >= 15 is 0 Å². The monoisotopic (exact) mass is 313 g/mol. The van der Waals surface area contributed by atoms with Crippen molar-refractivity contribution in [3.63, 3.8) is 0 Å². The van der Waals surface area contributed by atoms with Crippen LogP contribution >= 0.6 is 11.6 Å². The molecular weight excluding hydrogens is 290 g/mol. The highest BCUT2D eigenvalue weighted by Crippen LogP contribution is 2.64. The molecule has 3 atom stereocenters. The van der Waals surface area contributed by atoms with Gasteiger partial charge in [-0.25, -0.2) is 0 Å². The molecule has 0 radical (unpaired) electrons. The van der Waals surface area contributed by atoms with Crippen molar-refractivity contribution in [3.8, 4) is 0 Å². The predicted octanol–water partition coefficient (Wildman–Crippen LogP) is 2.63. The second-order valence-corrected chi connectivity index (χ2v) is 8.14. The molecule has 4 aliphatic carbocycles. The molecule has 118 valence electrons. The van der Waals surface area contributed by atoms with Crippen LogP contribution in [0.5, 0.6) is 0 Å². The van der Waals surface area contributed by atoms with Gasteiger partial charge in [-0.1, -0.05) is 0 Å². The fraction of sp³-hybridized carbons (Fsp3) is 0.875. The minimum Gasteiger partial charge on any atom is -0.452 e. The first-order chi connectivity index (χ1) is 9.86. The molecule has 0 heterocycles. The standard InChI is InChI=1S/C16H24ClNO3/c1-3-18-13(19)10(2)21-14(20)15-5-11-4-12(6-15)8-16(17,7-11)9-15/h10-12H,3-9H2,1-2H3,(H,18,19)/t10-,11+,12+,15?,16?/m1/s1. The summed E-state index contributed by atoms with van der Waals surface area (Å²) in [5.74, 6) is 0.670. The van der Waals surface area contributed by atoms with Gasteiger partial charge in [-0.2, -0.15) is 0 Å². The van der Waals surface area contributed by atoms with Crippen LogP contribution in [0.25, 0.3) is 0 Å². The summed E-state index contributed by atoms with van der Waals surface area (Å²) >= 11 is 6.73. The summed E-state index contributed by atoms with van der Waals surface area (Å²) in [7, 11) is 0. The number of likely N-dealkylation sites (N-methyl/N-ethyl adjacent to an activating group) is 1. The van der Waals surface area contributed by atoms with Gasteiger partial charge >= 0.3 is 5.97 Å². The van der Waals surface area contributed by atoms with Crippen LogP contribution in [0.4, 0.5) is 0 Å². The molecule has 4 aliphatic rings. The largest absolute Gasteiger partial charge is 0.452 e. The zero-order chi connectivity index (χ0) is 15.3. The lowest BCUT2D eigenvalue weighted by Crippen LogP contribution is -2.57. The number of halogens is 1. The average Bonchev–Trinajstić information content (AvgIpc) is 2.35. The number of nitrogens with one attached hydrogen (secondary N) is 1. The molecule has 4 nitrogen and oxygen atoms in total. The first-order valence-corrected chi connectivity index (χ1v) is 8.41. The fourth-order valence-electron chi connectivity index (χ4n) is 5.05. The predicted molar refractivity (Wildman–Crippen MR) is 79.9 cm³/mol. The number of hydrogen-bond donors (Lipinski definition) is 1. The van der Waals surface area contributed by atoms with Gasteiger partial charge in [0.05, 0.1) is 5.41 Å². The van der Waals surface area contributed by atoms with Crippen molar-refractivity contribution in [2.75, 3.05) is 6.54 Å². The fourth-order valence-corrected chi connectivity index (χ4v) is 5.74. The summed E-state index contributed by atoms with van der Waals surface area (Å²) in [6.07, 6.45) is 5.04. The van der Waals surface area contributed by atoms with Crippen molar-refractivity contribution in [2.24, 2.45) is 17.3 Å². The smallest absolute Gasteiger partial charge is 0.312 e. The van der Waals surface area contributed by atoms with E-state index in [1.54, 1.807) is 6.92 Å². The molecule has 4 saturated carbocycles. The van der Waals surface area contributed by atoms with E-state index in [4.69, 9.17) is 16.3 Å². The molecule has 0 unspecified atom stereocenters. The number of esters is 1. The Morgan fingerprint density at radius 3 is 2.43 bits per heavy atom. The van der Waals surface area contributed by atoms with Crippen LogP contribution in [0, 0.1) is 17.3 Å². The summed E-state index contributed by atoms with van der Waals surface area (Å²) in [4.78, 5) is 24.2. The molecule has 4 bridgehead atoms. The Bertz CT molecular complexity index is 450. The highest BCUT2D eigenvalue weighted by atomic mass is 35.5. The molecule has 0 aromatic heterocycles. The van der Waals surface area contributed by atoms with Gasteiger partial charge < -0.3 is 10.1 Å². The number of carbonyl (C=O) groups excluding carboxylic acids is 2. The minimum absolute atomic E-state index is 0.208. The lowest BCUT2D eigenvalue weighted by molar-refractivity contribution is -0.177. The summed E-state index contributed by atoms with van der Waals surface area (Å²) in [6, 6.07) is 0. The van der Waals surface area contributed by atoms with Crippen LogP contribution in [-0.2, 0) is 14.3 Å². The first kappa shape index (κ1) is 15.1. The summed E-state index contributed by atoms with van der Waals surface area (Å²) < 4.78 is 5.48. The third kappa shape index (κ3) is 2.67. The highest BCUT2D eigenvalue weighted by Gasteiger charge is 2.61. The summed E-state index contributed by atoms with van der Waals surface area (Å²) in [5.41, 5.74) is -0.438. The van der Waals surface area contributed by atoms with Crippen molar-refractivity contribution in [2.45, 2.75) is 63.4 Å². The third-order valence-corrected chi connectivity index (χ3v) is 5.87. The lowest BCUT2D eigenvalue weighted by Gasteiger charge is -2.58. The van der Waals surface area contributed by atoms with E-state index < -0.39 is 11.5 Å². The molecule has 1 amide bonds. The quantitative estimate of drug-likeness (QED) is 0.641. The van der Waals surface area contributed by atoms with Gasteiger partial charge in [0.2, 0.25) is 0 Å². The lowest BCUT2D eigenvalue weighted by atomic mass is 9.49. The Labute approximate surface area is 130 Å². The van der Waals surface area contributed by atoms with E-state index in [9.17, 15) is 9.59 Å². The zero-order valence-electron chi connectivity index (χ0n) is 12.8. The molecular formula is C16H24ClNO3. The SMILES string of the molecule is CCNC(=O)[C@@H](C)OC(=O)C12C[C@@H]3C[C@H](CC(Cl)(C3)C1)C2. The van der Waals surface area contributed by atoms with Crippen molar-refractivity contribution >= 4 is 23.5 Å². The maximum absolute atomic E-state index is 12.7. The molecule has 1 N–H and O–H groups in total. The van der Waals surface area contributed by atoms with E-state index in [1.165, 1.54) is 6.42 Å². The van der Waals surface area contributed by atoms with Gasteiger partial charge in [0.15, 0.2) is 6.10 Å². The molecule has 0 saturated heterocycles. The molecule has 0 spiro atoms. The topological polar surface area (TPSA) is 55.4 Å². The van der Waals surface area contributed by atoms with Crippen molar-refractivity contribution < 1.29 is 14.3 Å². The Morgan fingerprint density at radius 2 is 1.90 bits per heavy atom. The Balaban J connectivity index is 1.71. The van der Waals surface area contributed by atoms with Gasteiger partial charge in [0.1, 0.15) is 0 Å². The van der Waals surface area contributed by atoms with Crippen molar-refractivity contribution in [1.29, 1.82) is 0 Å². The molecule has 0 aromatic carbocycles. The Hall–Kier alpha value is -0.770. The molecule has 4 rings (SSSR count). The zero-order valence-corrected chi connectivity index (χ0v) is 13.5. The maximum Gasteiger partial charge on any atom is 0.312 e. The van der Waals surface area contributed by atoms with Crippen molar-refractivity contribution in [1.82, 2.24) is 5.32 Å². The van der Waals surface area contributed by atoms with Gasteiger partial charge in [-0.15, -0.1) is 11.6 Å². The number of hydrogen-bond acceptors (Lipinski definition) is 3. The second kappa shape index (κ2) is 5.15. The first-order valence-electron chi connectivity index (χ1n) is 8.03. The number of rotatable bonds is 4. The molecule has 0 aromatic rings. The van der Waals surface area contributed by atoms with Crippen LogP contribution in [0.3, 0.4) is 0 Å². The van der Waals surface area contributed by atoms with E-state index in [-0.39, 0.29) is 16.8 Å². The maximum atomic E-state index is 12.7. The molecule has 0 aliphatic heterocycles. The van der Waals surface area contributed by atoms with Crippen LogP contribution in [-0.4, -0.2) is 29.4 Å². The van der Waals surface area contributed by atoms with Crippen LogP contribution in [0.1, 0.15) is 52.4 Å². The van der Waals surface area contributed by atoms with Crippen LogP contribution < -0.4 is 5.32 Å². The van der Waals surface area contributed by atoms with E-state index in [0.29, 0.717) is 18.4 Å². The molecule has 5 heteroatoms. The molecule has 4 fully saturated rings. The van der Waals surface area contributed by atoms with Gasteiger partial charge in [-0.05, 0) is 64.2 Å². The van der Waals surface area contributed by atoms with Gasteiger partial charge in [0.25, 0.3) is 5.91 Å². The van der Waals surface area contributed by atoms with E-state index in [2.05, 4.69) is 5.32 Å². The number of amides is 1. The molecule has 21 heavy (non-hydrogen) atoms. The minimum atomic E-state index is -0.725. The normalized spacial score (nSPS) is 41.7. The third-order valence-electron chi connectivity index (χ3n) is 5.43. The summed E-state index contributed by atoms with van der Waals surface area (Å²) in [6.45, 7) is 4.03. The number of ether oxygens (including phenoxy) is 1. The average molecular weight is 314 g/mol. The van der Waals surface area contributed by atoms with Crippen molar-refractivity contribution in [3.05, 3.63) is 0 Å². The van der Waals surface area contributed by atoms with Crippen LogP contribution in [0.2, 0.25) is 0 Å². The van der Waals surface area contributed by atoms with E-state index in [0.717, 1.165) is 32.1 Å². The highest BCUT2D eigenvalue weighted by molar-refractivity contribution is 6.24. The second-order valence-electron chi connectivity index (χ2n) is 7.33. The Kier molecular flexibility index (Phi) is 3.71. The number of carbonyl (C=O) groups is 2. The van der Waals surface area contributed by atoms with Gasteiger partial charge in [-0.3, -0.25) is 9.59 Å². The Morgan fingerprint density at radius 1 is 1.29 bits per heavy atom.